The highest BCUT2D eigenvalue weighted by Crippen LogP contribution is 2.50. The highest BCUT2D eigenvalue weighted by atomic mass is 15.0. The van der Waals surface area contributed by atoms with E-state index in [1.165, 1.54) is 66.0 Å². The lowest BCUT2D eigenvalue weighted by molar-refractivity contribution is 0.660. The Bertz CT molecular complexity index is 3390. The van der Waals surface area contributed by atoms with Gasteiger partial charge in [-0.05, 0) is 76.9 Å². The molecule has 12 rings (SSSR count). The standard InChI is InChI=1S/C54H37N5/c1-54(2)44-22-12-9-19-39(44)40-30-29-38(33-45(40)54)58-47-24-14-11-21-43(47)49-48(58)32-31-42-41-20-10-13-23-46(41)59(50(42)49)37-27-25-36(26-28-37)53-56-51(34-15-5-3-6-16-34)55-52(57-53)35-17-7-4-8-18-35/h3-33H,1-2H3. The Morgan fingerprint density at radius 1 is 0.373 bits per heavy atom. The summed E-state index contributed by atoms with van der Waals surface area (Å²) in [5.41, 5.74) is 15.1. The highest BCUT2D eigenvalue weighted by Gasteiger charge is 2.35. The number of fused-ring (bicyclic) bond motifs is 10. The van der Waals surface area contributed by atoms with Gasteiger partial charge in [-0.1, -0.05) is 147 Å². The Balaban J connectivity index is 1.06. The fourth-order valence-electron chi connectivity index (χ4n) is 9.58. The molecule has 5 nitrogen and oxygen atoms in total. The third-order valence-corrected chi connectivity index (χ3v) is 12.4. The number of para-hydroxylation sites is 2. The molecule has 278 valence electrons. The van der Waals surface area contributed by atoms with Gasteiger partial charge in [-0.25, -0.2) is 15.0 Å². The summed E-state index contributed by atoms with van der Waals surface area (Å²) in [5, 5.41) is 4.91. The molecule has 5 heteroatoms. The van der Waals surface area contributed by atoms with Crippen molar-refractivity contribution in [1.29, 1.82) is 0 Å². The van der Waals surface area contributed by atoms with E-state index >= 15 is 0 Å². The van der Waals surface area contributed by atoms with E-state index in [2.05, 4.69) is 150 Å². The first-order chi connectivity index (χ1) is 29.0. The normalized spacial score (nSPS) is 13.1. The zero-order chi connectivity index (χ0) is 39.2. The molecule has 0 atom stereocenters. The van der Waals surface area contributed by atoms with Crippen molar-refractivity contribution in [2.24, 2.45) is 0 Å². The van der Waals surface area contributed by atoms with Crippen LogP contribution in [-0.2, 0) is 5.41 Å². The average Bonchev–Trinajstić information content (AvgIpc) is 3.90. The van der Waals surface area contributed by atoms with Crippen LogP contribution < -0.4 is 0 Å². The van der Waals surface area contributed by atoms with Gasteiger partial charge in [-0.3, -0.25) is 0 Å². The lowest BCUT2D eigenvalue weighted by Gasteiger charge is -2.22. The Morgan fingerprint density at radius 2 is 0.898 bits per heavy atom. The lowest BCUT2D eigenvalue weighted by atomic mass is 9.82. The van der Waals surface area contributed by atoms with Crippen molar-refractivity contribution >= 4 is 43.6 Å². The van der Waals surface area contributed by atoms with Crippen molar-refractivity contribution in [3.05, 3.63) is 199 Å². The Morgan fingerprint density at radius 3 is 1.58 bits per heavy atom. The second-order valence-corrected chi connectivity index (χ2v) is 16.0. The van der Waals surface area contributed by atoms with E-state index in [1.54, 1.807) is 0 Å². The van der Waals surface area contributed by atoms with Crippen LogP contribution in [0.2, 0.25) is 0 Å². The zero-order valence-corrected chi connectivity index (χ0v) is 32.6. The minimum atomic E-state index is -0.0971. The smallest absolute Gasteiger partial charge is 0.164 e. The van der Waals surface area contributed by atoms with Crippen molar-refractivity contribution < 1.29 is 0 Å². The molecule has 0 unspecified atom stereocenters. The van der Waals surface area contributed by atoms with Crippen LogP contribution in [0.4, 0.5) is 0 Å². The molecule has 0 N–H and O–H groups in total. The van der Waals surface area contributed by atoms with E-state index in [-0.39, 0.29) is 5.41 Å². The number of aromatic nitrogens is 5. The van der Waals surface area contributed by atoms with Crippen molar-refractivity contribution in [2.75, 3.05) is 0 Å². The van der Waals surface area contributed by atoms with Crippen LogP contribution >= 0.6 is 0 Å². The second kappa shape index (κ2) is 12.7. The van der Waals surface area contributed by atoms with Crippen LogP contribution in [0.3, 0.4) is 0 Å². The second-order valence-electron chi connectivity index (χ2n) is 16.0. The molecule has 11 aromatic rings. The molecule has 0 fully saturated rings. The molecule has 0 bridgehead atoms. The predicted octanol–water partition coefficient (Wildman–Crippen LogP) is 13.4. The van der Waals surface area contributed by atoms with Gasteiger partial charge in [0.05, 0.1) is 22.1 Å². The number of nitrogens with zero attached hydrogens (tertiary/aromatic N) is 5. The summed E-state index contributed by atoms with van der Waals surface area (Å²) in [4.78, 5) is 14.9. The van der Waals surface area contributed by atoms with Gasteiger partial charge < -0.3 is 9.13 Å². The maximum absolute atomic E-state index is 5.01. The summed E-state index contributed by atoms with van der Waals surface area (Å²) < 4.78 is 4.90. The first kappa shape index (κ1) is 33.5. The molecule has 0 spiro atoms. The molecule has 59 heavy (non-hydrogen) atoms. The monoisotopic (exact) mass is 755 g/mol. The van der Waals surface area contributed by atoms with Crippen molar-refractivity contribution in [2.45, 2.75) is 19.3 Å². The SMILES string of the molecule is CC1(C)c2ccccc2-c2ccc(-n3c4ccccc4c4c3ccc3c5ccccc5n(-c5ccc(-c6nc(-c7ccccc7)nc(-c7ccccc7)n6)cc5)c34)cc21. The molecular formula is C54H37N5. The molecule has 0 saturated heterocycles. The molecule has 1 aliphatic rings. The molecular weight excluding hydrogens is 719 g/mol. The van der Waals surface area contributed by atoms with Crippen LogP contribution in [0.15, 0.2) is 188 Å². The average molecular weight is 756 g/mol. The van der Waals surface area contributed by atoms with Gasteiger partial charge in [0.15, 0.2) is 17.5 Å². The summed E-state index contributed by atoms with van der Waals surface area (Å²) in [7, 11) is 0. The summed E-state index contributed by atoms with van der Waals surface area (Å²) in [6.45, 7) is 4.71. The summed E-state index contributed by atoms with van der Waals surface area (Å²) in [6.07, 6.45) is 0. The first-order valence-corrected chi connectivity index (χ1v) is 20.2. The fourth-order valence-corrected chi connectivity index (χ4v) is 9.58. The molecule has 3 aromatic heterocycles. The van der Waals surface area contributed by atoms with E-state index < -0.39 is 0 Å². The maximum Gasteiger partial charge on any atom is 0.164 e. The van der Waals surface area contributed by atoms with Crippen LogP contribution in [0, 0.1) is 0 Å². The molecule has 8 aromatic carbocycles. The summed E-state index contributed by atoms with van der Waals surface area (Å²) >= 11 is 0. The van der Waals surface area contributed by atoms with Crippen LogP contribution in [0.25, 0.3) is 100 Å². The van der Waals surface area contributed by atoms with E-state index in [4.69, 9.17) is 15.0 Å². The van der Waals surface area contributed by atoms with Gasteiger partial charge in [-0.2, -0.15) is 0 Å². The highest BCUT2D eigenvalue weighted by molar-refractivity contribution is 6.26. The minimum absolute atomic E-state index is 0.0971. The topological polar surface area (TPSA) is 48.5 Å². The van der Waals surface area contributed by atoms with E-state index in [9.17, 15) is 0 Å². The van der Waals surface area contributed by atoms with Crippen LogP contribution in [0.5, 0.6) is 0 Å². The van der Waals surface area contributed by atoms with Crippen LogP contribution in [0.1, 0.15) is 25.0 Å². The molecule has 0 aliphatic heterocycles. The molecule has 0 amide bonds. The van der Waals surface area contributed by atoms with Gasteiger partial charge >= 0.3 is 0 Å². The van der Waals surface area contributed by atoms with Gasteiger partial charge in [0.25, 0.3) is 0 Å². The minimum Gasteiger partial charge on any atom is -0.309 e. The van der Waals surface area contributed by atoms with E-state index in [1.807, 2.05) is 60.7 Å². The fraction of sp³-hybridized carbons (Fsp3) is 0.0556. The number of hydrogen-bond acceptors (Lipinski definition) is 3. The molecule has 0 radical (unpaired) electrons. The predicted molar refractivity (Wildman–Crippen MR) is 242 cm³/mol. The van der Waals surface area contributed by atoms with Gasteiger partial charge in [0.1, 0.15) is 0 Å². The van der Waals surface area contributed by atoms with Crippen molar-refractivity contribution in [3.63, 3.8) is 0 Å². The summed E-state index contributed by atoms with van der Waals surface area (Å²) in [6, 6.07) is 67.1. The summed E-state index contributed by atoms with van der Waals surface area (Å²) in [5.74, 6) is 1.94. The van der Waals surface area contributed by atoms with E-state index in [0.29, 0.717) is 17.5 Å². The Kier molecular flexibility index (Phi) is 7.20. The molecule has 3 heterocycles. The van der Waals surface area contributed by atoms with Crippen LogP contribution in [-0.4, -0.2) is 24.1 Å². The van der Waals surface area contributed by atoms with Crippen molar-refractivity contribution in [3.8, 4) is 56.7 Å². The lowest BCUT2D eigenvalue weighted by Crippen LogP contribution is -2.15. The largest absolute Gasteiger partial charge is 0.309 e. The third kappa shape index (κ3) is 5.01. The number of benzene rings is 8. The van der Waals surface area contributed by atoms with Gasteiger partial charge in [-0.15, -0.1) is 0 Å². The zero-order valence-electron chi connectivity index (χ0n) is 32.6. The quantitative estimate of drug-likeness (QED) is 0.176. The van der Waals surface area contributed by atoms with Crippen molar-refractivity contribution in [1.82, 2.24) is 24.1 Å². The number of rotatable bonds is 5. The Labute approximate surface area is 341 Å². The first-order valence-electron chi connectivity index (χ1n) is 20.2. The Hall–Kier alpha value is -7.63. The molecule has 1 aliphatic carbocycles. The number of hydrogen-bond donors (Lipinski definition) is 0. The van der Waals surface area contributed by atoms with E-state index in [0.717, 1.165) is 27.9 Å². The maximum atomic E-state index is 5.01. The van der Waals surface area contributed by atoms with Gasteiger partial charge in [0.2, 0.25) is 0 Å². The molecule has 0 saturated carbocycles. The third-order valence-electron chi connectivity index (χ3n) is 12.4. The van der Waals surface area contributed by atoms with Gasteiger partial charge in [0, 0.05) is 55.0 Å².